The van der Waals surface area contributed by atoms with Gasteiger partial charge in [0.05, 0.1) is 17.9 Å². The molecule has 0 aromatic heterocycles. The van der Waals surface area contributed by atoms with Gasteiger partial charge < -0.3 is 20.3 Å². The highest BCUT2D eigenvalue weighted by Crippen LogP contribution is 2.56. The van der Waals surface area contributed by atoms with E-state index < -0.39 is 29.6 Å². The van der Waals surface area contributed by atoms with Crippen molar-refractivity contribution in [2.24, 2.45) is 17.8 Å². The number of anilines is 1. The molecule has 2 saturated heterocycles. The topological polar surface area (TPSA) is 87.7 Å². The number of aryl methyl sites for hydroxylation is 2. The van der Waals surface area contributed by atoms with Crippen LogP contribution in [0.5, 0.6) is 0 Å². The first-order valence-corrected chi connectivity index (χ1v) is 14.7. The Balaban J connectivity index is 1.32. The van der Waals surface area contributed by atoms with Crippen LogP contribution in [0.1, 0.15) is 75.8 Å². The minimum Gasteiger partial charge on any atom is -0.359 e. The van der Waals surface area contributed by atoms with Crippen LogP contribution in [0.25, 0.3) is 0 Å². The Bertz CT molecular complexity index is 1130. The zero-order valence-corrected chi connectivity index (χ0v) is 22.9. The molecular formula is C31H41N3O4. The number of carbonyl (C=O) groups excluding carboxylic acids is 3. The number of likely N-dealkylation sites (tertiary alicyclic amines) is 1. The summed E-state index contributed by atoms with van der Waals surface area (Å²) in [6.45, 7) is 6.25. The SMILES string of the molecule is Cc1cc(C)cc(NC(=O)[C@H]2[C@@H]3C=C[C@]4(O3)[C@@H]2C(=O)N(C2CCC(C)CC2)[C@H]4C(=O)NC2CCCCC2)c1. The second-order valence-electron chi connectivity index (χ2n) is 12.6. The molecule has 0 radical (unpaired) electrons. The Hall–Kier alpha value is -2.67. The van der Waals surface area contributed by atoms with Crippen molar-refractivity contribution < 1.29 is 19.1 Å². The van der Waals surface area contributed by atoms with E-state index in [2.05, 4.69) is 23.6 Å². The quantitative estimate of drug-likeness (QED) is 0.564. The molecule has 0 unspecified atom stereocenters. The molecule has 2 aliphatic carbocycles. The standard InChI is InChI=1S/C31H41N3O4/c1-18-9-11-23(12-10-18)34-27(29(36)32-21-7-5-4-6-8-21)31-14-13-24(38-31)25(26(31)30(34)37)28(35)33-22-16-19(2)15-20(3)17-22/h13-18,21,23-27H,4-12H2,1-3H3,(H,32,36)(H,33,35)/t18?,23?,24-,25-,26-,27-,31-/m0/s1. The molecule has 3 amide bonds. The van der Waals surface area contributed by atoms with Crippen LogP contribution in [0, 0.1) is 31.6 Å². The summed E-state index contributed by atoms with van der Waals surface area (Å²) in [7, 11) is 0. The monoisotopic (exact) mass is 519 g/mol. The Morgan fingerprint density at radius 3 is 2.32 bits per heavy atom. The fourth-order valence-corrected chi connectivity index (χ4v) is 7.92. The maximum absolute atomic E-state index is 14.3. The van der Waals surface area contributed by atoms with Gasteiger partial charge in [-0.3, -0.25) is 14.4 Å². The van der Waals surface area contributed by atoms with E-state index in [0.717, 1.165) is 68.2 Å². The van der Waals surface area contributed by atoms with Crippen molar-refractivity contribution in [1.82, 2.24) is 10.2 Å². The summed E-state index contributed by atoms with van der Waals surface area (Å²) in [6, 6.07) is 5.35. The van der Waals surface area contributed by atoms with Gasteiger partial charge in [-0.15, -0.1) is 0 Å². The van der Waals surface area contributed by atoms with E-state index in [1.165, 1.54) is 6.42 Å². The number of benzene rings is 1. The largest absolute Gasteiger partial charge is 0.359 e. The lowest BCUT2D eigenvalue weighted by Crippen LogP contribution is -2.58. The normalized spacial score (nSPS) is 36.4. The third-order valence-corrected chi connectivity index (χ3v) is 9.68. The predicted molar refractivity (Wildman–Crippen MR) is 145 cm³/mol. The van der Waals surface area contributed by atoms with Crippen LogP contribution in [0.2, 0.25) is 0 Å². The fourth-order valence-electron chi connectivity index (χ4n) is 7.92. The van der Waals surface area contributed by atoms with Gasteiger partial charge in [-0.05, 0) is 81.5 Å². The molecule has 2 bridgehead atoms. The maximum Gasteiger partial charge on any atom is 0.246 e. The minimum absolute atomic E-state index is 0.0000328. The first kappa shape index (κ1) is 25.6. The van der Waals surface area contributed by atoms with Gasteiger partial charge in [0.1, 0.15) is 11.6 Å². The van der Waals surface area contributed by atoms with Gasteiger partial charge >= 0.3 is 0 Å². The number of fused-ring (bicyclic) bond motifs is 1. The van der Waals surface area contributed by atoms with Gasteiger partial charge in [-0.2, -0.15) is 0 Å². The highest BCUT2D eigenvalue weighted by Gasteiger charge is 2.73. The second-order valence-corrected chi connectivity index (χ2v) is 12.6. The van der Waals surface area contributed by atoms with Crippen molar-refractivity contribution in [2.45, 2.75) is 108 Å². The molecule has 5 atom stereocenters. The molecule has 3 aliphatic heterocycles. The van der Waals surface area contributed by atoms with Gasteiger partial charge in [-0.1, -0.05) is 44.4 Å². The molecule has 5 aliphatic rings. The van der Waals surface area contributed by atoms with Gasteiger partial charge in [0.2, 0.25) is 17.7 Å². The molecule has 38 heavy (non-hydrogen) atoms. The number of nitrogens with zero attached hydrogens (tertiary/aromatic N) is 1. The molecule has 7 nitrogen and oxygen atoms in total. The van der Waals surface area contributed by atoms with Crippen molar-refractivity contribution in [3.63, 3.8) is 0 Å². The number of ether oxygens (including phenoxy) is 1. The molecule has 1 aromatic carbocycles. The fraction of sp³-hybridized carbons (Fsp3) is 0.645. The van der Waals surface area contributed by atoms with Crippen molar-refractivity contribution in [1.29, 1.82) is 0 Å². The Labute approximate surface area is 225 Å². The lowest BCUT2D eigenvalue weighted by molar-refractivity contribution is -0.145. The summed E-state index contributed by atoms with van der Waals surface area (Å²) in [5.41, 5.74) is 1.77. The van der Waals surface area contributed by atoms with Crippen LogP contribution in [-0.2, 0) is 19.1 Å². The van der Waals surface area contributed by atoms with Gasteiger partial charge in [0.25, 0.3) is 0 Å². The molecular weight excluding hydrogens is 478 g/mol. The number of amides is 3. The average molecular weight is 520 g/mol. The summed E-state index contributed by atoms with van der Waals surface area (Å²) in [6.07, 6.45) is 12.6. The maximum atomic E-state index is 14.3. The summed E-state index contributed by atoms with van der Waals surface area (Å²) in [4.78, 5) is 43.9. The Morgan fingerprint density at radius 1 is 0.947 bits per heavy atom. The average Bonchev–Trinajstić information content (AvgIpc) is 3.52. The van der Waals surface area contributed by atoms with Crippen molar-refractivity contribution in [3.8, 4) is 0 Å². The molecule has 1 spiro atoms. The number of hydrogen-bond acceptors (Lipinski definition) is 4. The summed E-state index contributed by atoms with van der Waals surface area (Å²) in [5, 5.41) is 6.36. The van der Waals surface area contributed by atoms with Crippen LogP contribution >= 0.6 is 0 Å². The van der Waals surface area contributed by atoms with Gasteiger partial charge in [0, 0.05) is 17.8 Å². The van der Waals surface area contributed by atoms with Crippen LogP contribution in [-0.4, -0.2) is 52.5 Å². The van der Waals surface area contributed by atoms with Crippen LogP contribution in [0.4, 0.5) is 5.69 Å². The van der Waals surface area contributed by atoms with E-state index in [-0.39, 0.29) is 29.8 Å². The van der Waals surface area contributed by atoms with E-state index >= 15 is 0 Å². The molecule has 3 heterocycles. The van der Waals surface area contributed by atoms with E-state index in [9.17, 15) is 14.4 Å². The Morgan fingerprint density at radius 2 is 1.63 bits per heavy atom. The molecule has 1 aromatic rings. The first-order chi connectivity index (χ1) is 18.3. The van der Waals surface area contributed by atoms with E-state index in [0.29, 0.717) is 5.92 Å². The molecule has 6 rings (SSSR count). The minimum atomic E-state index is -1.09. The smallest absolute Gasteiger partial charge is 0.246 e. The van der Waals surface area contributed by atoms with Crippen LogP contribution in [0.3, 0.4) is 0 Å². The molecule has 7 heteroatoms. The van der Waals surface area contributed by atoms with E-state index in [4.69, 9.17) is 4.74 Å². The zero-order valence-electron chi connectivity index (χ0n) is 22.9. The molecule has 204 valence electrons. The predicted octanol–water partition coefficient (Wildman–Crippen LogP) is 4.42. The molecule has 4 fully saturated rings. The van der Waals surface area contributed by atoms with Crippen molar-refractivity contribution in [2.75, 3.05) is 5.32 Å². The zero-order chi connectivity index (χ0) is 26.6. The highest BCUT2D eigenvalue weighted by atomic mass is 16.5. The number of rotatable bonds is 5. The third kappa shape index (κ3) is 4.27. The van der Waals surface area contributed by atoms with E-state index in [1.807, 2.05) is 43.0 Å². The molecule has 2 saturated carbocycles. The van der Waals surface area contributed by atoms with Crippen LogP contribution < -0.4 is 10.6 Å². The first-order valence-electron chi connectivity index (χ1n) is 14.7. The van der Waals surface area contributed by atoms with E-state index in [1.54, 1.807) is 0 Å². The second kappa shape index (κ2) is 9.82. The number of nitrogens with one attached hydrogen (secondary N) is 2. The summed E-state index contributed by atoms with van der Waals surface area (Å²) >= 11 is 0. The van der Waals surface area contributed by atoms with Crippen molar-refractivity contribution in [3.05, 3.63) is 41.5 Å². The summed E-state index contributed by atoms with van der Waals surface area (Å²) < 4.78 is 6.54. The van der Waals surface area contributed by atoms with Crippen molar-refractivity contribution >= 4 is 23.4 Å². The summed E-state index contributed by atoms with van der Waals surface area (Å²) in [5.74, 6) is -1.15. The number of hydrogen-bond donors (Lipinski definition) is 2. The van der Waals surface area contributed by atoms with Crippen LogP contribution in [0.15, 0.2) is 30.4 Å². The Kier molecular flexibility index (Phi) is 6.61. The van der Waals surface area contributed by atoms with Gasteiger partial charge in [-0.25, -0.2) is 0 Å². The number of carbonyl (C=O) groups is 3. The lowest BCUT2D eigenvalue weighted by Gasteiger charge is -2.40. The third-order valence-electron chi connectivity index (χ3n) is 9.68. The molecule has 2 N–H and O–H groups in total. The van der Waals surface area contributed by atoms with Gasteiger partial charge in [0.15, 0.2) is 0 Å². The highest BCUT2D eigenvalue weighted by molar-refractivity contribution is 6.03. The lowest BCUT2D eigenvalue weighted by atomic mass is 9.74.